The lowest BCUT2D eigenvalue weighted by Gasteiger charge is -2.00. The van der Waals surface area contributed by atoms with E-state index in [1.54, 1.807) is 6.92 Å². The maximum Gasteiger partial charge on any atom is 0.379 e. The zero-order valence-electron chi connectivity index (χ0n) is 9.11. The first-order valence-corrected chi connectivity index (χ1v) is 5.09. The van der Waals surface area contributed by atoms with Gasteiger partial charge in [0, 0.05) is 5.41 Å². The Morgan fingerprint density at radius 1 is 1.73 bits per heavy atom. The molecule has 15 heavy (non-hydrogen) atoms. The van der Waals surface area contributed by atoms with Gasteiger partial charge in [0.1, 0.15) is 0 Å². The minimum absolute atomic E-state index is 0.0205. The molecular weight excluding hydrogens is 196 g/mol. The Bertz CT molecular complexity index is 388. The number of hydrogen-bond acceptors (Lipinski definition) is 5. The van der Waals surface area contributed by atoms with Crippen LogP contribution in [-0.4, -0.2) is 22.7 Å². The van der Waals surface area contributed by atoms with Gasteiger partial charge in [0.25, 0.3) is 5.82 Å². The van der Waals surface area contributed by atoms with Gasteiger partial charge >= 0.3 is 5.97 Å². The Labute approximate surface area is 87.8 Å². The van der Waals surface area contributed by atoms with E-state index in [2.05, 4.69) is 24.0 Å². The van der Waals surface area contributed by atoms with Crippen molar-refractivity contribution in [2.24, 2.45) is 5.92 Å². The predicted octanol–water partition coefficient (Wildman–Crippen LogP) is 1.54. The summed E-state index contributed by atoms with van der Waals surface area (Å²) in [6, 6.07) is 0. The fourth-order valence-corrected chi connectivity index (χ4v) is 1.61. The van der Waals surface area contributed by atoms with Crippen molar-refractivity contribution in [2.75, 3.05) is 6.61 Å². The van der Waals surface area contributed by atoms with Crippen LogP contribution in [0.2, 0.25) is 0 Å². The van der Waals surface area contributed by atoms with Crippen LogP contribution in [0.1, 0.15) is 43.7 Å². The van der Waals surface area contributed by atoms with Crippen LogP contribution in [0.4, 0.5) is 0 Å². The molecule has 0 aliphatic heterocycles. The molecule has 0 bridgehead atoms. The number of nitrogens with zero attached hydrogens (tertiary/aromatic N) is 2. The molecule has 0 spiro atoms. The van der Waals surface area contributed by atoms with Gasteiger partial charge in [0.2, 0.25) is 5.89 Å². The van der Waals surface area contributed by atoms with E-state index in [0.29, 0.717) is 18.4 Å². The fraction of sp³-hybridized carbons (Fsp3) is 0.700. The zero-order valence-corrected chi connectivity index (χ0v) is 9.11. The number of carbonyl (C=O) groups is 1. The summed E-state index contributed by atoms with van der Waals surface area (Å²) in [7, 11) is 0. The summed E-state index contributed by atoms with van der Waals surface area (Å²) >= 11 is 0. The van der Waals surface area contributed by atoms with Crippen molar-refractivity contribution in [2.45, 2.75) is 32.6 Å². The number of ether oxygens (including phenoxy) is 1. The van der Waals surface area contributed by atoms with E-state index < -0.39 is 5.97 Å². The Hall–Kier alpha value is -1.39. The fourth-order valence-electron chi connectivity index (χ4n) is 1.61. The third-order valence-electron chi connectivity index (χ3n) is 3.03. The Kier molecular flexibility index (Phi) is 2.25. The van der Waals surface area contributed by atoms with Crippen LogP contribution in [0.15, 0.2) is 4.52 Å². The van der Waals surface area contributed by atoms with Crippen LogP contribution < -0.4 is 0 Å². The van der Waals surface area contributed by atoms with Crippen molar-refractivity contribution in [3.63, 3.8) is 0 Å². The molecule has 2 unspecified atom stereocenters. The lowest BCUT2D eigenvalue weighted by atomic mass is 10.1. The minimum Gasteiger partial charge on any atom is -0.460 e. The topological polar surface area (TPSA) is 65.2 Å². The first-order chi connectivity index (χ1) is 7.08. The molecule has 0 saturated heterocycles. The second-order valence-electron chi connectivity index (χ2n) is 4.17. The average molecular weight is 210 g/mol. The molecule has 2 rings (SSSR count). The monoisotopic (exact) mass is 210 g/mol. The molecule has 5 heteroatoms. The second kappa shape index (κ2) is 3.32. The third-order valence-corrected chi connectivity index (χ3v) is 3.03. The van der Waals surface area contributed by atoms with E-state index in [1.165, 1.54) is 0 Å². The number of rotatable bonds is 3. The van der Waals surface area contributed by atoms with E-state index in [0.717, 1.165) is 6.42 Å². The average Bonchev–Trinajstić information content (AvgIpc) is 2.69. The first-order valence-electron chi connectivity index (χ1n) is 5.09. The van der Waals surface area contributed by atoms with Gasteiger partial charge in [0.05, 0.1) is 6.61 Å². The zero-order chi connectivity index (χ0) is 11.1. The largest absolute Gasteiger partial charge is 0.460 e. The van der Waals surface area contributed by atoms with Crippen LogP contribution in [0, 0.1) is 5.92 Å². The molecule has 1 heterocycles. The van der Waals surface area contributed by atoms with E-state index in [9.17, 15) is 4.79 Å². The van der Waals surface area contributed by atoms with Gasteiger partial charge in [0.15, 0.2) is 0 Å². The highest BCUT2D eigenvalue weighted by Crippen LogP contribution is 2.52. The predicted molar refractivity (Wildman–Crippen MR) is 51.4 cm³/mol. The quantitative estimate of drug-likeness (QED) is 0.708. The summed E-state index contributed by atoms with van der Waals surface area (Å²) in [5.41, 5.74) is -0.0439. The third kappa shape index (κ3) is 1.62. The lowest BCUT2D eigenvalue weighted by Crippen LogP contribution is -2.08. The molecule has 0 N–H and O–H groups in total. The molecule has 1 aromatic heterocycles. The van der Waals surface area contributed by atoms with Gasteiger partial charge in [-0.3, -0.25) is 0 Å². The Morgan fingerprint density at radius 3 is 2.93 bits per heavy atom. The Morgan fingerprint density at radius 2 is 2.40 bits per heavy atom. The Balaban J connectivity index is 2.14. The van der Waals surface area contributed by atoms with E-state index in [4.69, 9.17) is 9.26 Å². The highest BCUT2D eigenvalue weighted by atomic mass is 16.5. The summed E-state index contributed by atoms with van der Waals surface area (Å²) in [4.78, 5) is 15.3. The van der Waals surface area contributed by atoms with E-state index in [-0.39, 0.29) is 11.2 Å². The standard InChI is InChI=1S/C10H14N2O3/c1-4-14-8(13)7-11-9(15-12-7)10(3)5-6(10)2/h6H,4-5H2,1-3H3. The molecular formula is C10H14N2O3. The highest BCUT2D eigenvalue weighted by molar-refractivity contribution is 5.84. The number of esters is 1. The molecule has 0 aromatic carbocycles. The SMILES string of the molecule is CCOC(=O)c1noc(C2(C)CC2C)n1. The van der Waals surface area contributed by atoms with Crippen LogP contribution in [0.25, 0.3) is 0 Å². The molecule has 1 fully saturated rings. The van der Waals surface area contributed by atoms with Gasteiger partial charge in [-0.2, -0.15) is 4.98 Å². The summed E-state index contributed by atoms with van der Waals surface area (Å²) in [6.07, 6.45) is 1.03. The van der Waals surface area contributed by atoms with Crippen LogP contribution >= 0.6 is 0 Å². The minimum atomic E-state index is -0.524. The molecule has 0 amide bonds. The maximum absolute atomic E-state index is 11.3. The van der Waals surface area contributed by atoms with Gasteiger partial charge in [-0.05, 0) is 24.4 Å². The summed E-state index contributed by atoms with van der Waals surface area (Å²) in [5, 5.41) is 3.61. The van der Waals surface area contributed by atoms with E-state index in [1.807, 2.05) is 0 Å². The van der Waals surface area contributed by atoms with Gasteiger partial charge in [-0.1, -0.05) is 13.8 Å². The highest BCUT2D eigenvalue weighted by Gasteiger charge is 2.52. The normalized spacial score (nSPS) is 28.9. The van der Waals surface area contributed by atoms with Crippen LogP contribution in [0.5, 0.6) is 0 Å². The van der Waals surface area contributed by atoms with Gasteiger partial charge in [-0.25, -0.2) is 4.79 Å². The molecule has 0 radical (unpaired) electrons. The van der Waals surface area contributed by atoms with Crippen molar-refractivity contribution < 1.29 is 14.1 Å². The van der Waals surface area contributed by atoms with Crippen molar-refractivity contribution >= 4 is 5.97 Å². The van der Waals surface area contributed by atoms with Gasteiger partial charge in [-0.15, -0.1) is 0 Å². The molecule has 1 saturated carbocycles. The summed E-state index contributed by atoms with van der Waals surface area (Å²) in [5.74, 6) is 0.572. The molecule has 2 atom stereocenters. The number of hydrogen-bond donors (Lipinski definition) is 0. The van der Waals surface area contributed by atoms with E-state index >= 15 is 0 Å². The van der Waals surface area contributed by atoms with Crippen LogP contribution in [-0.2, 0) is 10.2 Å². The molecule has 1 aliphatic rings. The molecule has 1 aliphatic carbocycles. The summed E-state index contributed by atoms with van der Waals surface area (Å²) < 4.78 is 9.84. The maximum atomic E-state index is 11.3. The van der Waals surface area contributed by atoms with Crippen molar-refractivity contribution in [1.29, 1.82) is 0 Å². The lowest BCUT2D eigenvalue weighted by molar-refractivity contribution is 0.0508. The number of aromatic nitrogens is 2. The second-order valence-corrected chi connectivity index (χ2v) is 4.17. The van der Waals surface area contributed by atoms with Crippen molar-refractivity contribution in [1.82, 2.24) is 10.1 Å². The first kappa shape index (κ1) is 10.1. The number of carbonyl (C=O) groups excluding carboxylic acids is 1. The van der Waals surface area contributed by atoms with Gasteiger partial charge < -0.3 is 9.26 Å². The molecule has 1 aromatic rings. The molecule has 5 nitrogen and oxygen atoms in total. The van der Waals surface area contributed by atoms with Crippen LogP contribution in [0.3, 0.4) is 0 Å². The smallest absolute Gasteiger partial charge is 0.379 e. The molecule has 82 valence electrons. The van der Waals surface area contributed by atoms with Crippen molar-refractivity contribution in [3.8, 4) is 0 Å². The van der Waals surface area contributed by atoms with Crippen molar-refractivity contribution in [3.05, 3.63) is 11.7 Å². The summed E-state index contributed by atoms with van der Waals surface area (Å²) in [6.45, 7) is 6.23.